The Balaban J connectivity index is 1.94. The van der Waals surface area contributed by atoms with Crippen molar-refractivity contribution in [3.63, 3.8) is 0 Å². The van der Waals surface area contributed by atoms with Crippen molar-refractivity contribution in [1.82, 2.24) is 14.9 Å². The Morgan fingerprint density at radius 3 is 2.86 bits per heavy atom. The van der Waals surface area contributed by atoms with Crippen LogP contribution in [0.4, 0.5) is 5.69 Å². The SMILES string of the molecule is CCc1nnc(SCC(=O)Nc2ccc(I)cc2C)n1N. The van der Waals surface area contributed by atoms with Gasteiger partial charge in [-0.15, -0.1) is 10.2 Å². The van der Waals surface area contributed by atoms with Crippen LogP contribution in [0.25, 0.3) is 0 Å². The van der Waals surface area contributed by atoms with Crippen LogP contribution >= 0.6 is 34.4 Å². The molecule has 0 atom stereocenters. The lowest BCUT2D eigenvalue weighted by Crippen LogP contribution is -2.17. The lowest BCUT2D eigenvalue weighted by molar-refractivity contribution is -0.113. The van der Waals surface area contributed by atoms with Gasteiger partial charge in [0.05, 0.1) is 5.75 Å². The average molecular weight is 417 g/mol. The van der Waals surface area contributed by atoms with Crippen molar-refractivity contribution in [2.24, 2.45) is 0 Å². The summed E-state index contributed by atoms with van der Waals surface area (Å²) in [5, 5.41) is 11.3. The molecular formula is C13H16IN5OS. The predicted molar refractivity (Wildman–Crippen MR) is 92.8 cm³/mol. The fraction of sp³-hybridized carbons (Fsp3) is 0.308. The van der Waals surface area contributed by atoms with E-state index in [2.05, 4.69) is 38.1 Å². The molecule has 112 valence electrons. The first kappa shape index (κ1) is 16.1. The highest BCUT2D eigenvalue weighted by Crippen LogP contribution is 2.19. The van der Waals surface area contributed by atoms with Crippen LogP contribution in [0.1, 0.15) is 18.3 Å². The summed E-state index contributed by atoms with van der Waals surface area (Å²) in [7, 11) is 0. The molecule has 1 amide bonds. The lowest BCUT2D eigenvalue weighted by Gasteiger charge is -2.08. The highest BCUT2D eigenvalue weighted by atomic mass is 127. The highest BCUT2D eigenvalue weighted by Gasteiger charge is 2.11. The number of aromatic nitrogens is 3. The molecule has 0 aliphatic carbocycles. The number of benzene rings is 1. The maximum Gasteiger partial charge on any atom is 0.234 e. The zero-order valence-electron chi connectivity index (χ0n) is 11.8. The number of carbonyl (C=O) groups is 1. The third-order valence-electron chi connectivity index (χ3n) is 2.85. The van der Waals surface area contributed by atoms with Crippen molar-refractivity contribution in [3.8, 4) is 0 Å². The summed E-state index contributed by atoms with van der Waals surface area (Å²) in [5.41, 5.74) is 1.86. The van der Waals surface area contributed by atoms with Gasteiger partial charge in [0.2, 0.25) is 11.1 Å². The van der Waals surface area contributed by atoms with E-state index in [1.54, 1.807) is 0 Å². The van der Waals surface area contributed by atoms with E-state index in [4.69, 9.17) is 5.84 Å². The Kier molecular flexibility index (Phi) is 5.45. The second-order valence-electron chi connectivity index (χ2n) is 4.42. The number of amides is 1. The second-order valence-corrected chi connectivity index (χ2v) is 6.61. The number of nitrogens with two attached hydrogens (primary N) is 1. The zero-order chi connectivity index (χ0) is 15.4. The monoisotopic (exact) mass is 417 g/mol. The third kappa shape index (κ3) is 4.10. The molecule has 3 N–H and O–H groups in total. The standard InChI is InChI=1S/C13H16IN5OS/c1-3-11-17-18-13(19(11)15)21-7-12(20)16-10-5-4-9(14)6-8(10)2/h4-6H,3,7,15H2,1-2H3,(H,16,20). The fourth-order valence-electron chi connectivity index (χ4n) is 1.73. The predicted octanol–water partition coefficient (Wildman–Crippen LogP) is 2.20. The van der Waals surface area contributed by atoms with Gasteiger partial charge in [-0.3, -0.25) is 4.79 Å². The van der Waals surface area contributed by atoms with E-state index in [-0.39, 0.29) is 11.7 Å². The molecule has 21 heavy (non-hydrogen) atoms. The molecule has 2 aromatic rings. The van der Waals surface area contributed by atoms with Crippen LogP contribution in [0.5, 0.6) is 0 Å². The van der Waals surface area contributed by atoms with E-state index < -0.39 is 0 Å². The number of anilines is 1. The lowest BCUT2D eigenvalue weighted by atomic mass is 10.2. The average Bonchev–Trinajstić information content (AvgIpc) is 2.80. The van der Waals surface area contributed by atoms with Crippen LogP contribution in [0.2, 0.25) is 0 Å². The molecule has 0 radical (unpaired) electrons. The van der Waals surface area contributed by atoms with Crippen LogP contribution in [-0.2, 0) is 11.2 Å². The van der Waals surface area contributed by atoms with Gasteiger partial charge in [0.25, 0.3) is 0 Å². The molecule has 0 unspecified atom stereocenters. The maximum atomic E-state index is 12.0. The third-order valence-corrected chi connectivity index (χ3v) is 4.46. The Bertz CT molecular complexity index is 658. The molecule has 0 aliphatic rings. The van der Waals surface area contributed by atoms with Crippen molar-refractivity contribution in [2.45, 2.75) is 25.4 Å². The first-order valence-corrected chi connectivity index (χ1v) is 8.46. The van der Waals surface area contributed by atoms with Crippen molar-refractivity contribution in [3.05, 3.63) is 33.2 Å². The number of rotatable bonds is 5. The number of halogens is 1. The van der Waals surface area contributed by atoms with Crippen LogP contribution in [0.3, 0.4) is 0 Å². The number of thioether (sulfide) groups is 1. The molecule has 0 spiro atoms. The first-order valence-electron chi connectivity index (χ1n) is 6.39. The number of aryl methyl sites for hydroxylation is 2. The molecule has 0 saturated carbocycles. The molecule has 1 heterocycles. The minimum Gasteiger partial charge on any atom is -0.336 e. The smallest absolute Gasteiger partial charge is 0.234 e. The zero-order valence-corrected chi connectivity index (χ0v) is 14.7. The van der Waals surface area contributed by atoms with Gasteiger partial charge in [-0.2, -0.15) is 0 Å². The number of nitrogen functional groups attached to an aromatic ring is 1. The molecule has 2 rings (SSSR count). The van der Waals surface area contributed by atoms with Crippen molar-refractivity contribution in [1.29, 1.82) is 0 Å². The van der Waals surface area contributed by atoms with Gasteiger partial charge >= 0.3 is 0 Å². The van der Waals surface area contributed by atoms with E-state index in [0.717, 1.165) is 14.8 Å². The quantitative estimate of drug-likeness (QED) is 0.443. The molecule has 1 aromatic carbocycles. The van der Waals surface area contributed by atoms with E-state index in [1.807, 2.05) is 32.0 Å². The molecule has 1 aromatic heterocycles. The van der Waals surface area contributed by atoms with Gasteiger partial charge in [-0.05, 0) is 53.3 Å². The van der Waals surface area contributed by atoms with E-state index in [0.29, 0.717) is 17.4 Å². The Morgan fingerprint density at radius 1 is 1.48 bits per heavy atom. The highest BCUT2D eigenvalue weighted by molar-refractivity contribution is 14.1. The number of nitrogens with zero attached hydrogens (tertiary/aromatic N) is 3. The van der Waals surface area contributed by atoms with Crippen molar-refractivity contribution in [2.75, 3.05) is 16.9 Å². The van der Waals surface area contributed by atoms with E-state index in [1.165, 1.54) is 16.4 Å². The number of hydrogen-bond acceptors (Lipinski definition) is 5. The van der Waals surface area contributed by atoms with Gasteiger partial charge in [0.15, 0.2) is 5.82 Å². The van der Waals surface area contributed by atoms with Crippen LogP contribution < -0.4 is 11.2 Å². The molecular weight excluding hydrogens is 401 g/mol. The van der Waals surface area contributed by atoms with Crippen LogP contribution in [0, 0.1) is 10.5 Å². The number of nitrogens with one attached hydrogen (secondary N) is 1. The largest absolute Gasteiger partial charge is 0.336 e. The summed E-state index contributed by atoms with van der Waals surface area (Å²) < 4.78 is 2.56. The van der Waals surface area contributed by atoms with Crippen molar-refractivity contribution >= 4 is 45.9 Å². The molecule has 8 heteroatoms. The minimum atomic E-state index is -0.0923. The number of carbonyl (C=O) groups excluding carboxylic acids is 1. The Hall–Kier alpha value is -1.29. The summed E-state index contributed by atoms with van der Waals surface area (Å²) in [6, 6.07) is 5.88. The fourth-order valence-corrected chi connectivity index (χ4v) is 3.05. The van der Waals surface area contributed by atoms with E-state index in [9.17, 15) is 4.79 Å². The number of hydrogen-bond donors (Lipinski definition) is 2. The summed E-state index contributed by atoms with van der Waals surface area (Å²) in [6.07, 6.45) is 0.706. The van der Waals surface area contributed by atoms with Gasteiger partial charge in [-0.25, -0.2) is 4.68 Å². The van der Waals surface area contributed by atoms with Gasteiger partial charge in [0, 0.05) is 15.7 Å². The summed E-state index contributed by atoms with van der Waals surface area (Å²) in [4.78, 5) is 12.0. The first-order chi connectivity index (χ1) is 10.0. The van der Waals surface area contributed by atoms with Gasteiger partial charge < -0.3 is 11.2 Å². The molecule has 0 aliphatic heterocycles. The Morgan fingerprint density at radius 2 is 2.24 bits per heavy atom. The minimum absolute atomic E-state index is 0.0923. The maximum absolute atomic E-state index is 12.0. The molecule has 0 bridgehead atoms. The normalized spacial score (nSPS) is 10.6. The summed E-state index contributed by atoms with van der Waals surface area (Å²) in [5.74, 6) is 6.68. The molecule has 0 saturated heterocycles. The van der Waals surface area contributed by atoms with Crippen LogP contribution in [-0.4, -0.2) is 26.5 Å². The Labute approximate surface area is 141 Å². The van der Waals surface area contributed by atoms with Crippen LogP contribution in [0.15, 0.2) is 23.4 Å². The molecule has 6 nitrogen and oxygen atoms in total. The van der Waals surface area contributed by atoms with Gasteiger partial charge in [0.1, 0.15) is 0 Å². The molecule has 0 fully saturated rings. The second kappa shape index (κ2) is 7.12. The summed E-state index contributed by atoms with van der Waals surface area (Å²) >= 11 is 3.51. The topological polar surface area (TPSA) is 85.8 Å². The van der Waals surface area contributed by atoms with E-state index >= 15 is 0 Å². The van der Waals surface area contributed by atoms with Crippen molar-refractivity contribution < 1.29 is 4.79 Å². The summed E-state index contributed by atoms with van der Waals surface area (Å²) in [6.45, 7) is 3.92. The van der Waals surface area contributed by atoms with Gasteiger partial charge in [-0.1, -0.05) is 18.7 Å².